The lowest BCUT2D eigenvalue weighted by atomic mass is 10.2. The predicted octanol–water partition coefficient (Wildman–Crippen LogP) is 3.51. The van der Waals surface area contributed by atoms with Crippen LogP contribution in [-0.4, -0.2) is 4.98 Å². The first kappa shape index (κ1) is 9.77. The molecule has 0 aliphatic rings. The molecule has 2 N–H and O–H groups in total. The molecule has 1 heterocycles. The summed E-state index contributed by atoms with van der Waals surface area (Å²) in [4.78, 5) is 3.06. The third-order valence-corrected chi connectivity index (χ3v) is 2.40. The van der Waals surface area contributed by atoms with Gasteiger partial charge in [0.25, 0.3) is 0 Å². The number of aromatic nitrogens is 1. The highest BCUT2D eigenvalue weighted by atomic mass is 19.1. The minimum absolute atomic E-state index is 0.187. The Morgan fingerprint density at radius 3 is 2.60 bits per heavy atom. The molecule has 0 fully saturated rings. The van der Waals surface area contributed by atoms with E-state index in [1.165, 1.54) is 6.07 Å². The molecule has 0 bridgehead atoms. The zero-order chi connectivity index (χ0) is 10.8. The summed E-state index contributed by atoms with van der Waals surface area (Å²) in [5.74, 6) is -0.187. The monoisotopic (exact) mass is 204 g/mol. The summed E-state index contributed by atoms with van der Waals surface area (Å²) in [7, 11) is 0. The smallest absolute Gasteiger partial charge is 0.128 e. The molecule has 0 amide bonds. The molecular weight excluding hydrogens is 191 g/mol. The van der Waals surface area contributed by atoms with E-state index < -0.39 is 0 Å². The normalized spacial score (nSPS) is 10.3. The van der Waals surface area contributed by atoms with Crippen LogP contribution in [0.15, 0.2) is 30.5 Å². The molecule has 0 unspecified atom stereocenters. The minimum atomic E-state index is -0.187. The average molecular weight is 204 g/mol. The molecule has 0 radical (unpaired) electrons. The quantitative estimate of drug-likeness (QED) is 0.769. The van der Waals surface area contributed by atoms with Crippen molar-refractivity contribution in [2.75, 3.05) is 5.32 Å². The van der Waals surface area contributed by atoms with Gasteiger partial charge in [-0.05, 0) is 37.6 Å². The van der Waals surface area contributed by atoms with Gasteiger partial charge in [0.2, 0.25) is 0 Å². The van der Waals surface area contributed by atoms with E-state index in [1.807, 2.05) is 25.3 Å². The van der Waals surface area contributed by atoms with Gasteiger partial charge < -0.3 is 10.3 Å². The first-order chi connectivity index (χ1) is 7.16. The van der Waals surface area contributed by atoms with Gasteiger partial charge in [0.1, 0.15) is 5.82 Å². The third kappa shape index (κ3) is 2.01. The van der Waals surface area contributed by atoms with Gasteiger partial charge in [0.05, 0.1) is 5.69 Å². The van der Waals surface area contributed by atoms with Crippen molar-refractivity contribution in [2.45, 2.75) is 13.8 Å². The lowest BCUT2D eigenvalue weighted by molar-refractivity contribution is 0.619. The van der Waals surface area contributed by atoms with Crippen LogP contribution >= 0.6 is 0 Å². The summed E-state index contributed by atoms with van der Waals surface area (Å²) < 4.78 is 13.3. The van der Waals surface area contributed by atoms with Gasteiger partial charge in [0.15, 0.2) is 0 Å². The molecule has 2 aromatic rings. The van der Waals surface area contributed by atoms with E-state index in [1.54, 1.807) is 13.0 Å². The maximum atomic E-state index is 13.3. The Hall–Kier alpha value is -1.77. The van der Waals surface area contributed by atoms with E-state index in [9.17, 15) is 4.39 Å². The zero-order valence-electron chi connectivity index (χ0n) is 8.76. The molecule has 0 saturated heterocycles. The number of H-pyrrole nitrogens is 1. The Labute approximate surface area is 88.1 Å². The van der Waals surface area contributed by atoms with E-state index in [0.29, 0.717) is 5.56 Å². The number of nitrogens with one attached hydrogen (secondary N) is 2. The topological polar surface area (TPSA) is 27.8 Å². The molecule has 2 rings (SSSR count). The number of benzene rings is 1. The van der Waals surface area contributed by atoms with E-state index in [0.717, 1.165) is 17.1 Å². The van der Waals surface area contributed by atoms with Crippen molar-refractivity contribution in [1.29, 1.82) is 0 Å². The number of aromatic amines is 1. The second kappa shape index (κ2) is 3.77. The SMILES string of the molecule is Cc1ccc(Nc2cc[nH]c2C)cc1F. The average Bonchev–Trinajstić information content (AvgIpc) is 2.59. The molecule has 15 heavy (non-hydrogen) atoms. The minimum Gasteiger partial charge on any atom is -0.363 e. The van der Waals surface area contributed by atoms with Crippen LogP contribution in [0.3, 0.4) is 0 Å². The fraction of sp³-hybridized carbons (Fsp3) is 0.167. The Morgan fingerprint density at radius 2 is 2.00 bits per heavy atom. The first-order valence-corrected chi connectivity index (χ1v) is 4.84. The third-order valence-electron chi connectivity index (χ3n) is 2.40. The highest BCUT2D eigenvalue weighted by molar-refractivity contribution is 5.62. The summed E-state index contributed by atoms with van der Waals surface area (Å²) in [5, 5.41) is 3.15. The van der Waals surface area contributed by atoms with Gasteiger partial charge in [0, 0.05) is 17.6 Å². The number of hydrogen-bond donors (Lipinski definition) is 2. The van der Waals surface area contributed by atoms with Crippen LogP contribution in [0.2, 0.25) is 0 Å². The second-order valence-corrected chi connectivity index (χ2v) is 3.61. The Morgan fingerprint density at radius 1 is 1.20 bits per heavy atom. The molecule has 2 nitrogen and oxygen atoms in total. The lowest BCUT2D eigenvalue weighted by Gasteiger charge is -2.06. The van der Waals surface area contributed by atoms with E-state index in [-0.39, 0.29) is 5.82 Å². The largest absolute Gasteiger partial charge is 0.363 e. The fourth-order valence-corrected chi connectivity index (χ4v) is 1.41. The van der Waals surface area contributed by atoms with Gasteiger partial charge >= 0.3 is 0 Å². The van der Waals surface area contributed by atoms with Gasteiger partial charge in [-0.1, -0.05) is 6.07 Å². The van der Waals surface area contributed by atoms with Crippen molar-refractivity contribution in [3.05, 3.63) is 47.5 Å². The maximum absolute atomic E-state index is 13.3. The number of halogens is 1. The second-order valence-electron chi connectivity index (χ2n) is 3.61. The summed E-state index contributed by atoms with van der Waals surface area (Å²) in [6, 6.07) is 7.05. The molecule has 78 valence electrons. The van der Waals surface area contributed by atoms with Crippen molar-refractivity contribution in [3.63, 3.8) is 0 Å². The summed E-state index contributed by atoms with van der Waals surface area (Å²) >= 11 is 0. The van der Waals surface area contributed by atoms with Crippen molar-refractivity contribution < 1.29 is 4.39 Å². The predicted molar refractivity (Wildman–Crippen MR) is 59.9 cm³/mol. The van der Waals surface area contributed by atoms with E-state index in [2.05, 4.69) is 10.3 Å². The highest BCUT2D eigenvalue weighted by Crippen LogP contribution is 2.21. The van der Waals surface area contributed by atoms with Crippen LogP contribution in [0, 0.1) is 19.7 Å². The van der Waals surface area contributed by atoms with Crippen LogP contribution in [0.4, 0.5) is 15.8 Å². The molecule has 0 saturated carbocycles. The molecule has 1 aromatic heterocycles. The molecule has 0 aliphatic carbocycles. The molecule has 3 heteroatoms. The van der Waals surface area contributed by atoms with Gasteiger partial charge in [-0.2, -0.15) is 0 Å². The Bertz CT molecular complexity index is 474. The van der Waals surface area contributed by atoms with Crippen LogP contribution in [0.1, 0.15) is 11.3 Å². The van der Waals surface area contributed by atoms with Crippen LogP contribution in [-0.2, 0) is 0 Å². The van der Waals surface area contributed by atoms with E-state index in [4.69, 9.17) is 0 Å². The van der Waals surface area contributed by atoms with Gasteiger partial charge in [-0.15, -0.1) is 0 Å². The zero-order valence-corrected chi connectivity index (χ0v) is 8.76. The van der Waals surface area contributed by atoms with Crippen molar-refractivity contribution in [1.82, 2.24) is 4.98 Å². The van der Waals surface area contributed by atoms with E-state index >= 15 is 0 Å². The number of hydrogen-bond acceptors (Lipinski definition) is 1. The van der Waals surface area contributed by atoms with Crippen molar-refractivity contribution >= 4 is 11.4 Å². The Kier molecular flexibility index (Phi) is 2.46. The van der Waals surface area contributed by atoms with Crippen LogP contribution in [0.5, 0.6) is 0 Å². The fourth-order valence-electron chi connectivity index (χ4n) is 1.41. The molecular formula is C12H13FN2. The number of anilines is 2. The first-order valence-electron chi connectivity index (χ1n) is 4.84. The summed E-state index contributed by atoms with van der Waals surface area (Å²) in [6.07, 6.45) is 1.85. The molecule has 1 aromatic carbocycles. The summed E-state index contributed by atoms with van der Waals surface area (Å²) in [6.45, 7) is 3.72. The molecule has 0 aliphatic heterocycles. The van der Waals surface area contributed by atoms with Crippen molar-refractivity contribution in [3.8, 4) is 0 Å². The van der Waals surface area contributed by atoms with Gasteiger partial charge in [-0.3, -0.25) is 0 Å². The Balaban J connectivity index is 2.25. The summed E-state index contributed by atoms with van der Waals surface area (Å²) in [5.41, 5.74) is 3.43. The van der Waals surface area contributed by atoms with Crippen LogP contribution in [0.25, 0.3) is 0 Å². The molecule has 0 spiro atoms. The standard InChI is InChI=1S/C12H13FN2/c1-8-3-4-10(7-11(8)13)15-12-5-6-14-9(12)2/h3-7,14-15H,1-2H3. The number of aryl methyl sites for hydroxylation is 2. The van der Waals surface area contributed by atoms with Crippen molar-refractivity contribution in [2.24, 2.45) is 0 Å². The molecule has 0 atom stereocenters. The van der Waals surface area contributed by atoms with Crippen LogP contribution < -0.4 is 5.32 Å². The van der Waals surface area contributed by atoms with Gasteiger partial charge in [-0.25, -0.2) is 4.39 Å². The maximum Gasteiger partial charge on any atom is 0.128 e. The number of rotatable bonds is 2. The lowest BCUT2D eigenvalue weighted by Crippen LogP contribution is -1.92. The highest BCUT2D eigenvalue weighted by Gasteiger charge is 2.02.